The largest absolute Gasteiger partial charge is 0.372 e. The molecule has 180 valence electrons. The van der Waals surface area contributed by atoms with Crippen LogP contribution in [-0.2, 0) is 6.54 Å². The zero-order valence-corrected chi connectivity index (χ0v) is 20.6. The molecule has 7 N–H and O–H groups in total. The lowest BCUT2D eigenvalue weighted by atomic mass is 9.84. The maximum Gasteiger partial charge on any atom is 0.123 e. The number of alkyl halides is 1. The first kappa shape index (κ1) is 28.6. The molecule has 32 heavy (non-hydrogen) atoms. The Morgan fingerprint density at radius 3 is 2.50 bits per heavy atom. The van der Waals surface area contributed by atoms with E-state index < -0.39 is 6.17 Å². The molecule has 2 aromatic rings. The number of piperidine rings is 1. The summed E-state index contributed by atoms with van der Waals surface area (Å²) in [6, 6.07) is 11.1. The fourth-order valence-corrected chi connectivity index (χ4v) is 4.33. The minimum Gasteiger partial charge on any atom is -0.372 e. The lowest BCUT2D eigenvalue weighted by Gasteiger charge is -2.34. The highest BCUT2D eigenvalue weighted by Gasteiger charge is 2.27. The van der Waals surface area contributed by atoms with Gasteiger partial charge in [0.15, 0.2) is 0 Å². The van der Waals surface area contributed by atoms with Crippen molar-refractivity contribution in [1.82, 2.24) is 10.6 Å². The quantitative estimate of drug-likeness (QED) is 0.330. The van der Waals surface area contributed by atoms with Crippen LogP contribution in [-0.4, -0.2) is 30.7 Å². The number of halogens is 2. The zero-order chi connectivity index (χ0) is 24.1. The average Bonchev–Trinajstić information content (AvgIpc) is 2.80. The lowest BCUT2D eigenvalue weighted by Crippen LogP contribution is -2.46. The molecule has 8 heteroatoms. The number of hydrogen-bond donors (Lipinski definition) is 5. The van der Waals surface area contributed by atoms with Crippen LogP contribution in [0.1, 0.15) is 61.5 Å². The fourth-order valence-electron chi connectivity index (χ4n) is 3.79. The van der Waals surface area contributed by atoms with Gasteiger partial charge in [0.25, 0.3) is 0 Å². The highest BCUT2D eigenvalue weighted by molar-refractivity contribution is 7.41. The van der Waals surface area contributed by atoms with Gasteiger partial charge in [-0.3, -0.25) is 4.39 Å². The number of hydrogen-bond acceptors (Lipinski definition) is 5. The summed E-state index contributed by atoms with van der Waals surface area (Å²) in [6.45, 7) is 9.64. The maximum atomic E-state index is 13.5. The molecule has 1 fully saturated rings. The fraction of sp³-hybridized carbons (Fsp3) is 0.500. The van der Waals surface area contributed by atoms with E-state index in [1.54, 1.807) is 6.07 Å². The standard InChI is InChI=1S/C20H28FN4OP.C2H5F.C2H6/c1-12-8-15(21)4-5-16(12)17-11-24-7-6-18(17)25-10-14-3-2-13(20(22)23)9-19(14)27-26;1-2-3;1-2/h2-5,8-9,17-18,20,24-27H,6-7,10-11,22-23H2,1H3;2H2,1H3;1-2H3. The molecule has 1 heterocycles. The van der Waals surface area contributed by atoms with Gasteiger partial charge in [-0.15, -0.1) is 0 Å². The molecule has 5 nitrogen and oxygen atoms in total. The van der Waals surface area contributed by atoms with Crippen LogP contribution in [0.5, 0.6) is 0 Å². The van der Waals surface area contributed by atoms with E-state index in [0.717, 1.165) is 41.5 Å². The third kappa shape index (κ3) is 8.47. The maximum absolute atomic E-state index is 13.5. The highest BCUT2D eigenvalue weighted by atomic mass is 31.1. The Morgan fingerprint density at radius 2 is 1.91 bits per heavy atom. The summed E-state index contributed by atoms with van der Waals surface area (Å²) in [4.78, 5) is 9.73. The van der Waals surface area contributed by atoms with E-state index in [4.69, 9.17) is 11.5 Å². The molecular formula is C24H39F2N4OP. The van der Waals surface area contributed by atoms with E-state index in [1.807, 2.05) is 45.0 Å². The molecule has 0 bridgehead atoms. The first-order valence-electron chi connectivity index (χ1n) is 11.2. The van der Waals surface area contributed by atoms with Crippen LogP contribution in [0.2, 0.25) is 0 Å². The normalized spacial score (nSPS) is 18.2. The number of rotatable bonds is 6. The van der Waals surface area contributed by atoms with Gasteiger partial charge in [0.1, 0.15) is 5.82 Å². The molecule has 0 saturated carbocycles. The van der Waals surface area contributed by atoms with Crippen molar-refractivity contribution in [2.75, 3.05) is 19.8 Å². The summed E-state index contributed by atoms with van der Waals surface area (Å²) >= 11 is 0. The summed E-state index contributed by atoms with van der Waals surface area (Å²) in [7, 11) is -0.305. The van der Waals surface area contributed by atoms with Crippen LogP contribution in [0.25, 0.3) is 0 Å². The highest BCUT2D eigenvalue weighted by Crippen LogP contribution is 2.27. The van der Waals surface area contributed by atoms with E-state index in [2.05, 4.69) is 10.6 Å². The second-order valence-corrected chi connectivity index (χ2v) is 8.17. The van der Waals surface area contributed by atoms with E-state index in [0.29, 0.717) is 6.54 Å². The topological polar surface area (TPSA) is 96.3 Å². The van der Waals surface area contributed by atoms with Crippen molar-refractivity contribution in [1.29, 1.82) is 0 Å². The Labute approximate surface area is 193 Å². The molecule has 0 aliphatic carbocycles. The van der Waals surface area contributed by atoms with E-state index in [-0.39, 0.29) is 33.3 Å². The molecular weight excluding hydrogens is 429 g/mol. The predicted octanol–water partition coefficient (Wildman–Crippen LogP) is 3.50. The Kier molecular flexibility index (Phi) is 13.7. The third-order valence-electron chi connectivity index (χ3n) is 5.31. The Hall–Kier alpha value is -1.47. The van der Waals surface area contributed by atoms with Gasteiger partial charge in [-0.25, -0.2) is 4.39 Å². The minimum absolute atomic E-state index is 0.198. The molecule has 2 aromatic carbocycles. The van der Waals surface area contributed by atoms with Crippen LogP contribution in [0.3, 0.4) is 0 Å². The van der Waals surface area contributed by atoms with Crippen molar-refractivity contribution in [3.8, 4) is 0 Å². The van der Waals surface area contributed by atoms with Crippen LogP contribution < -0.4 is 27.4 Å². The van der Waals surface area contributed by atoms with Crippen molar-refractivity contribution in [3.05, 3.63) is 64.5 Å². The Morgan fingerprint density at radius 1 is 1.22 bits per heavy atom. The van der Waals surface area contributed by atoms with Crippen LogP contribution >= 0.6 is 8.81 Å². The predicted molar refractivity (Wildman–Crippen MR) is 133 cm³/mol. The van der Waals surface area contributed by atoms with Crippen LogP contribution in [0, 0.1) is 12.7 Å². The summed E-state index contributed by atoms with van der Waals surface area (Å²) in [5, 5.41) is 7.96. The van der Waals surface area contributed by atoms with Crippen molar-refractivity contribution >= 4 is 14.1 Å². The lowest BCUT2D eigenvalue weighted by molar-refractivity contribution is 0.340. The van der Waals surface area contributed by atoms with Crippen LogP contribution in [0.15, 0.2) is 36.4 Å². The second-order valence-electron chi connectivity index (χ2n) is 7.41. The average molecular weight is 469 g/mol. The van der Waals surface area contributed by atoms with Gasteiger partial charge in [0.2, 0.25) is 0 Å². The summed E-state index contributed by atoms with van der Waals surface area (Å²) in [6.07, 6.45) is 0.446. The number of nitrogens with one attached hydrogen (secondary N) is 2. The molecule has 0 aromatic heterocycles. The SMILES string of the molecule is CC.CCF.Cc1cc(F)ccc1C1CNCCC1NCc1ccc(C(N)N)cc1PO. The van der Waals surface area contributed by atoms with Crippen LogP contribution in [0.4, 0.5) is 8.78 Å². The molecule has 3 atom stereocenters. The first-order chi connectivity index (χ1) is 15.4. The molecule has 0 amide bonds. The van der Waals surface area contributed by atoms with Gasteiger partial charge >= 0.3 is 0 Å². The van der Waals surface area contributed by atoms with Gasteiger partial charge < -0.3 is 27.0 Å². The van der Waals surface area contributed by atoms with Gasteiger partial charge in [0.05, 0.1) is 12.8 Å². The van der Waals surface area contributed by atoms with Gasteiger partial charge in [0, 0.05) is 39.2 Å². The number of benzene rings is 2. The van der Waals surface area contributed by atoms with Crippen molar-refractivity contribution in [3.63, 3.8) is 0 Å². The Bertz CT molecular complexity index is 808. The molecule has 1 aliphatic rings. The number of aryl methyl sites for hydroxylation is 1. The smallest absolute Gasteiger partial charge is 0.123 e. The van der Waals surface area contributed by atoms with Gasteiger partial charge in [-0.1, -0.05) is 32.0 Å². The minimum atomic E-state index is -0.544. The molecule has 3 rings (SSSR count). The summed E-state index contributed by atoms with van der Waals surface area (Å²) < 4.78 is 23.8. The Balaban J connectivity index is 0.000000944. The summed E-state index contributed by atoms with van der Waals surface area (Å²) in [5.41, 5.74) is 15.5. The summed E-state index contributed by atoms with van der Waals surface area (Å²) in [5.74, 6) is 0.0763. The number of nitrogens with two attached hydrogens (primary N) is 2. The molecule has 1 saturated heterocycles. The second kappa shape index (κ2) is 15.4. The molecule has 0 radical (unpaired) electrons. The molecule has 0 spiro atoms. The monoisotopic (exact) mass is 468 g/mol. The van der Waals surface area contributed by atoms with E-state index in [9.17, 15) is 13.7 Å². The van der Waals surface area contributed by atoms with Gasteiger partial charge in [-0.2, -0.15) is 0 Å². The van der Waals surface area contributed by atoms with Crippen molar-refractivity contribution in [2.24, 2.45) is 11.5 Å². The molecule has 1 aliphatic heterocycles. The third-order valence-corrected chi connectivity index (χ3v) is 6.01. The van der Waals surface area contributed by atoms with Crippen molar-refractivity contribution < 1.29 is 13.7 Å². The van der Waals surface area contributed by atoms with Gasteiger partial charge in [-0.05, 0) is 67.3 Å². The van der Waals surface area contributed by atoms with E-state index >= 15 is 0 Å². The molecule has 3 unspecified atom stereocenters. The first-order valence-corrected chi connectivity index (χ1v) is 12.2. The zero-order valence-electron chi connectivity index (χ0n) is 19.6. The van der Waals surface area contributed by atoms with Crippen molar-refractivity contribution in [2.45, 2.75) is 58.8 Å². The van der Waals surface area contributed by atoms with E-state index in [1.165, 1.54) is 18.6 Å².